The van der Waals surface area contributed by atoms with E-state index in [1.165, 1.54) is 0 Å². The fourth-order valence-corrected chi connectivity index (χ4v) is 3.27. The Bertz CT molecular complexity index is 476. The third-order valence-electron chi connectivity index (χ3n) is 4.15. The zero-order chi connectivity index (χ0) is 14.5. The van der Waals surface area contributed by atoms with Crippen LogP contribution >= 0.6 is 11.8 Å². The lowest BCUT2D eigenvalue weighted by atomic mass is 9.85. The summed E-state index contributed by atoms with van der Waals surface area (Å²) in [4.78, 5) is 13.6. The molecule has 1 saturated carbocycles. The van der Waals surface area contributed by atoms with Crippen molar-refractivity contribution in [3.05, 3.63) is 29.3 Å². The Balaban J connectivity index is 2.11. The van der Waals surface area contributed by atoms with E-state index in [4.69, 9.17) is 0 Å². The van der Waals surface area contributed by atoms with Gasteiger partial charge in [0, 0.05) is 29.0 Å². The van der Waals surface area contributed by atoms with Gasteiger partial charge in [-0.15, -0.1) is 11.8 Å². The van der Waals surface area contributed by atoms with Crippen LogP contribution in [0.25, 0.3) is 0 Å². The Morgan fingerprint density at radius 2 is 2.15 bits per heavy atom. The average molecular weight is 293 g/mol. The van der Waals surface area contributed by atoms with Crippen LogP contribution in [-0.2, 0) is 0 Å². The van der Waals surface area contributed by atoms with Crippen molar-refractivity contribution < 1.29 is 9.90 Å². The molecule has 2 unspecified atom stereocenters. The zero-order valence-corrected chi connectivity index (χ0v) is 13.0. The second kappa shape index (κ2) is 7.14. The van der Waals surface area contributed by atoms with Crippen LogP contribution in [-0.4, -0.2) is 29.9 Å². The van der Waals surface area contributed by atoms with Crippen molar-refractivity contribution in [2.24, 2.45) is 5.92 Å². The van der Waals surface area contributed by atoms with Crippen LogP contribution in [0.2, 0.25) is 0 Å². The van der Waals surface area contributed by atoms with Gasteiger partial charge in [0.25, 0.3) is 5.91 Å². The number of rotatable bonds is 4. The Kier molecular flexibility index (Phi) is 5.49. The molecule has 3 nitrogen and oxygen atoms in total. The summed E-state index contributed by atoms with van der Waals surface area (Å²) in [5.74, 6) is 0.195. The molecule has 1 amide bonds. The van der Waals surface area contributed by atoms with E-state index in [1.54, 1.807) is 11.8 Å². The molecule has 4 heteroatoms. The van der Waals surface area contributed by atoms with Crippen molar-refractivity contribution in [1.29, 1.82) is 0 Å². The highest BCUT2D eigenvalue weighted by molar-refractivity contribution is 7.98. The number of nitrogens with one attached hydrogen (secondary N) is 1. The average Bonchev–Trinajstić information content (AvgIpc) is 2.48. The van der Waals surface area contributed by atoms with E-state index in [0.717, 1.165) is 41.7 Å². The summed E-state index contributed by atoms with van der Waals surface area (Å²) in [6, 6.07) is 6.09. The van der Waals surface area contributed by atoms with Gasteiger partial charge in [0.2, 0.25) is 0 Å². The van der Waals surface area contributed by atoms with E-state index in [2.05, 4.69) is 5.32 Å². The Hall–Kier alpha value is -1.00. The third-order valence-corrected chi connectivity index (χ3v) is 4.87. The molecule has 20 heavy (non-hydrogen) atoms. The maximum absolute atomic E-state index is 12.5. The number of benzene rings is 1. The molecule has 0 bridgehead atoms. The molecule has 0 radical (unpaired) electrons. The van der Waals surface area contributed by atoms with Crippen molar-refractivity contribution in [3.63, 3.8) is 0 Å². The molecule has 0 spiro atoms. The minimum atomic E-state index is -0.0104. The molecule has 1 fully saturated rings. The number of carbonyl (C=O) groups is 1. The van der Waals surface area contributed by atoms with Crippen LogP contribution in [0.1, 0.15) is 41.6 Å². The zero-order valence-electron chi connectivity index (χ0n) is 12.2. The first-order valence-electron chi connectivity index (χ1n) is 7.22. The highest BCUT2D eigenvalue weighted by Gasteiger charge is 2.26. The van der Waals surface area contributed by atoms with Crippen LogP contribution in [0.4, 0.5) is 0 Å². The fraction of sp³-hybridized carbons (Fsp3) is 0.562. The molecule has 0 aromatic heterocycles. The topological polar surface area (TPSA) is 49.3 Å². The second-order valence-corrected chi connectivity index (χ2v) is 6.37. The molecule has 1 aromatic carbocycles. The number of hydrogen-bond acceptors (Lipinski definition) is 3. The van der Waals surface area contributed by atoms with Gasteiger partial charge in [0.15, 0.2) is 0 Å². The predicted octanol–water partition coefficient (Wildman–Crippen LogP) is 3.00. The summed E-state index contributed by atoms with van der Waals surface area (Å²) in [5.41, 5.74) is 1.75. The molecule has 2 rings (SSSR count). The van der Waals surface area contributed by atoms with Gasteiger partial charge < -0.3 is 10.4 Å². The Morgan fingerprint density at radius 3 is 2.85 bits per heavy atom. The summed E-state index contributed by atoms with van der Waals surface area (Å²) >= 11 is 1.64. The first kappa shape index (κ1) is 15.4. The lowest BCUT2D eigenvalue weighted by Gasteiger charge is -2.31. The number of aliphatic hydroxyl groups excluding tert-OH is 1. The highest BCUT2D eigenvalue weighted by Crippen LogP contribution is 2.25. The smallest absolute Gasteiger partial charge is 0.251 e. The molecule has 2 N–H and O–H groups in total. The summed E-state index contributed by atoms with van der Waals surface area (Å²) < 4.78 is 0. The van der Waals surface area contributed by atoms with Gasteiger partial charge in [-0.2, -0.15) is 0 Å². The predicted molar refractivity (Wildman–Crippen MR) is 83.3 cm³/mol. The van der Waals surface area contributed by atoms with Crippen LogP contribution in [0.15, 0.2) is 23.1 Å². The lowest BCUT2D eigenvalue weighted by molar-refractivity contribution is 0.0872. The third kappa shape index (κ3) is 3.55. The number of thioether (sulfide) groups is 1. The molecule has 1 aliphatic rings. The number of aliphatic hydroxyl groups is 1. The van der Waals surface area contributed by atoms with Crippen LogP contribution in [0.3, 0.4) is 0 Å². The largest absolute Gasteiger partial charge is 0.396 e. The van der Waals surface area contributed by atoms with Crippen molar-refractivity contribution >= 4 is 17.7 Å². The first-order valence-corrected chi connectivity index (χ1v) is 8.44. The molecule has 110 valence electrons. The van der Waals surface area contributed by atoms with Crippen LogP contribution < -0.4 is 5.32 Å². The van der Waals surface area contributed by atoms with Gasteiger partial charge in [0.1, 0.15) is 0 Å². The lowest BCUT2D eigenvalue weighted by Crippen LogP contribution is -2.43. The molecule has 0 aliphatic heterocycles. The summed E-state index contributed by atoms with van der Waals surface area (Å²) in [5, 5.41) is 12.5. The SMILES string of the molecule is CSc1ccc(C)c(C(=O)NC2CCCCC2CO)c1. The summed E-state index contributed by atoms with van der Waals surface area (Å²) in [6.45, 7) is 2.12. The molecule has 1 aliphatic carbocycles. The van der Waals surface area contributed by atoms with Crippen molar-refractivity contribution in [3.8, 4) is 0 Å². The second-order valence-electron chi connectivity index (χ2n) is 5.49. The molecule has 2 atom stereocenters. The normalized spacial score (nSPS) is 22.6. The number of hydrogen-bond donors (Lipinski definition) is 2. The first-order chi connectivity index (χ1) is 9.65. The van der Waals surface area contributed by atoms with Crippen molar-refractivity contribution in [2.45, 2.75) is 43.5 Å². The van der Waals surface area contributed by atoms with Gasteiger partial charge >= 0.3 is 0 Å². The van der Waals surface area contributed by atoms with E-state index >= 15 is 0 Å². The maximum Gasteiger partial charge on any atom is 0.251 e. The Labute approximate surface area is 125 Å². The monoisotopic (exact) mass is 293 g/mol. The number of carbonyl (C=O) groups excluding carboxylic acids is 1. The quantitative estimate of drug-likeness (QED) is 0.839. The molecule has 0 heterocycles. The van der Waals surface area contributed by atoms with Gasteiger partial charge in [-0.1, -0.05) is 18.9 Å². The maximum atomic E-state index is 12.5. The van der Waals surface area contributed by atoms with Crippen molar-refractivity contribution in [2.75, 3.05) is 12.9 Å². The van der Waals surface area contributed by atoms with Crippen LogP contribution in [0.5, 0.6) is 0 Å². The Morgan fingerprint density at radius 1 is 1.40 bits per heavy atom. The molecular formula is C16H23NO2S. The van der Waals surface area contributed by atoms with Crippen LogP contribution in [0, 0.1) is 12.8 Å². The van der Waals surface area contributed by atoms with E-state index in [0.29, 0.717) is 0 Å². The number of amides is 1. The minimum Gasteiger partial charge on any atom is -0.396 e. The van der Waals surface area contributed by atoms with E-state index in [1.807, 2.05) is 31.4 Å². The van der Waals surface area contributed by atoms with Gasteiger partial charge in [-0.25, -0.2) is 0 Å². The molecule has 0 saturated heterocycles. The van der Waals surface area contributed by atoms with Crippen molar-refractivity contribution in [1.82, 2.24) is 5.32 Å². The van der Waals surface area contributed by atoms with E-state index in [9.17, 15) is 9.90 Å². The van der Waals surface area contributed by atoms with E-state index in [-0.39, 0.29) is 24.5 Å². The summed E-state index contributed by atoms with van der Waals surface area (Å²) in [7, 11) is 0. The number of aryl methyl sites for hydroxylation is 1. The van der Waals surface area contributed by atoms with Gasteiger partial charge in [-0.3, -0.25) is 4.79 Å². The standard InChI is InChI=1S/C16H23NO2S/c1-11-7-8-13(20-2)9-14(11)16(19)17-15-6-4-3-5-12(15)10-18/h7-9,12,15,18H,3-6,10H2,1-2H3,(H,17,19). The molecule has 1 aromatic rings. The van der Waals surface area contributed by atoms with Gasteiger partial charge in [0.05, 0.1) is 0 Å². The van der Waals surface area contributed by atoms with E-state index < -0.39 is 0 Å². The van der Waals surface area contributed by atoms with Gasteiger partial charge in [-0.05, 0) is 43.7 Å². The fourth-order valence-electron chi connectivity index (χ4n) is 2.84. The summed E-state index contributed by atoms with van der Waals surface area (Å²) in [6.07, 6.45) is 6.27. The highest BCUT2D eigenvalue weighted by atomic mass is 32.2. The minimum absolute atomic E-state index is 0.0104. The molecular weight excluding hydrogens is 270 g/mol.